The highest BCUT2D eigenvalue weighted by Gasteiger charge is 1.95. The Kier molecular flexibility index (Phi) is 6.11. The predicted octanol–water partition coefficient (Wildman–Crippen LogP) is -0.336. The monoisotopic (exact) mass is 146 g/mol. The summed E-state index contributed by atoms with van der Waals surface area (Å²) in [5.41, 5.74) is 2.51. The molecule has 0 spiro atoms. The van der Waals surface area contributed by atoms with Gasteiger partial charge in [0.25, 0.3) is 0 Å². The van der Waals surface area contributed by atoms with Gasteiger partial charge in [0, 0.05) is 6.54 Å². The number of amides is 1. The van der Waals surface area contributed by atoms with Crippen molar-refractivity contribution in [2.75, 3.05) is 19.7 Å². The highest BCUT2D eigenvalue weighted by molar-refractivity contribution is 5.77. The fraction of sp³-hybridized carbons (Fsp3) is 0.833. The van der Waals surface area contributed by atoms with Crippen LogP contribution < -0.4 is 10.8 Å². The van der Waals surface area contributed by atoms with Gasteiger partial charge in [0.05, 0.1) is 13.2 Å². The average molecular weight is 146 g/mol. The van der Waals surface area contributed by atoms with Crippen molar-refractivity contribution in [1.82, 2.24) is 10.8 Å². The Morgan fingerprint density at radius 3 is 2.70 bits per heavy atom. The Labute approximate surface area is 60.9 Å². The maximum Gasteiger partial charge on any atom is 0.236 e. The Bertz CT molecular complexity index is 95.7. The van der Waals surface area contributed by atoms with Gasteiger partial charge in [0.1, 0.15) is 0 Å². The third-order valence-corrected chi connectivity index (χ3v) is 0.853. The van der Waals surface area contributed by atoms with Crippen molar-refractivity contribution < 1.29 is 9.63 Å². The summed E-state index contributed by atoms with van der Waals surface area (Å²) in [7, 11) is 0. The Balaban J connectivity index is 3.05. The molecule has 4 nitrogen and oxygen atoms in total. The summed E-state index contributed by atoms with van der Waals surface area (Å²) < 4.78 is 0. The third kappa shape index (κ3) is 5.53. The van der Waals surface area contributed by atoms with E-state index in [1.807, 2.05) is 13.8 Å². The van der Waals surface area contributed by atoms with E-state index < -0.39 is 0 Å². The summed E-state index contributed by atoms with van der Waals surface area (Å²) in [6.45, 7) is 5.18. The number of likely N-dealkylation sites (N-methyl/N-ethyl adjacent to an activating group) is 1. The van der Waals surface area contributed by atoms with Crippen LogP contribution in [-0.4, -0.2) is 25.6 Å². The molecule has 0 rings (SSSR count). The number of hydrogen-bond donors (Lipinski definition) is 2. The van der Waals surface area contributed by atoms with Crippen molar-refractivity contribution in [2.45, 2.75) is 13.8 Å². The molecule has 0 heterocycles. The molecule has 0 aromatic heterocycles. The number of rotatable bonds is 5. The van der Waals surface area contributed by atoms with Crippen LogP contribution in [0.3, 0.4) is 0 Å². The first kappa shape index (κ1) is 9.39. The number of carbonyl (C=O) groups is 1. The molecule has 0 aliphatic heterocycles. The van der Waals surface area contributed by atoms with Gasteiger partial charge in [-0.15, -0.1) is 0 Å². The lowest BCUT2D eigenvalue weighted by Crippen LogP contribution is -2.33. The second-order valence-corrected chi connectivity index (χ2v) is 1.71. The zero-order valence-electron chi connectivity index (χ0n) is 6.44. The van der Waals surface area contributed by atoms with Gasteiger partial charge >= 0.3 is 0 Å². The van der Waals surface area contributed by atoms with Crippen molar-refractivity contribution in [3.63, 3.8) is 0 Å². The fourth-order valence-electron chi connectivity index (χ4n) is 0.478. The van der Waals surface area contributed by atoms with E-state index in [0.29, 0.717) is 13.2 Å². The lowest BCUT2D eigenvalue weighted by Gasteiger charge is -2.02. The quantitative estimate of drug-likeness (QED) is 0.412. The van der Waals surface area contributed by atoms with E-state index in [2.05, 4.69) is 10.8 Å². The number of carbonyl (C=O) groups excluding carboxylic acids is 1. The molecule has 0 saturated heterocycles. The zero-order chi connectivity index (χ0) is 7.82. The molecule has 0 radical (unpaired) electrons. The first-order valence-electron chi connectivity index (χ1n) is 3.42. The van der Waals surface area contributed by atoms with Crippen molar-refractivity contribution in [1.29, 1.82) is 0 Å². The summed E-state index contributed by atoms with van der Waals surface area (Å²) in [6.07, 6.45) is 0. The molecule has 60 valence electrons. The molecule has 0 unspecified atom stereocenters. The average Bonchev–Trinajstić information content (AvgIpc) is 1.89. The first-order valence-corrected chi connectivity index (χ1v) is 3.42. The Morgan fingerprint density at radius 2 is 2.20 bits per heavy atom. The number of nitrogens with one attached hydrogen (secondary N) is 2. The molecular weight excluding hydrogens is 132 g/mol. The summed E-state index contributed by atoms with van der Waals surface area (Å²) in [4.78, 5) is 15.4. The summed E-state index contributed by atoms with van der Waals surface area (Å²) in [5, 5.41) is 2.62. The van der Waals surface area contributed by atoms with Crippen LogP contribution in [0.1, 0.15) is 13.8 Å². The summed E-state index contributed by atoms with van der Waals surface area (Å²) in [5.74, 6) is -0.0454. The molecule has 10 heavy (non-hydrogen) atoms. The van der Waals surface area contributed by atoms with E-state index in [-0.39, 0.29) is 12.5 Å². The largest absolute Gasteiger partial charge is 0.355 e. The molecule has 2 N–H and O–H groups in total. The van der Waals surface area contributed by atoms with Gasteiger partial charge in [-0.3, -0.25) is 4.79 Å². The SMILES string of the molecule is CCNC(=O)CNOCC. The van der Waals surface area contributed by atoms with E-state index in [1.165, 1.54) is 0 Å². The minimum absolute atomic E-state index is 0.0454. The standard InChI is InChI=1S/C6H14N2O2/c1-3-7-6(9)5-8-10-4-2/h8H,3-5H2,1-2H3,(H,7,9). The zero-order valence-corrected chi connectivity index (χ0v) is 6.44. The molecule has 1 amide bonds. The molecule has 0 aromatic rings. The maximum absolute atomic E-state index is 10.7. The molecule has 0 aromatic carbocycles. The van der Waals surface area contributed by atoms with Crippen LogP contribution in [0, 0.1) is 0 Å². The van der Waals surface area contributed by atoms with Gasteiger partial charge in [-0.1, -0.05) is 0 Å². The van der Waals surface area contributed by atoms with Gasteiger partial charge in [0.15, 0.2) is 0 Å². The van der Waals surface area contributed by atoms with Crippen LogP contribution in [0.15, 0.2) is 0 Å². The van der Waals surface area contributed by atoms with Crippen LogP contribution in [0.2, 0.25) is 0 Å². The molecular formula is C6H14N2O2. The molecule has 0 aliphatic rings. The van der Waals surface area contributed by atoms with E-state index in [0.717, 1.165) is 0 Å². The van der Waals surface area contributed by atoms with Gasteiger partial charge in [0.2, 0.25) is 5.91 Å². The fourth-order valence-corrected chi connectivity index (χ4v) is 0.478. The molecule has 0 bridgehead atoms. The van der Waals surface area contributed by atoms with E-state index in [1.54, 1.807) is 0 Å². The second-order valence-electron chi connectivity index (χ2n) is 1.71. The molecule has 4 heteroatoms. The Morgan fingerprint density at radius 1 is 1.50 bits per heavy atom. The summed E-state index contributed by atoms with van der Waals surface area (Å²) in [6, 6.07) is 0. The molecule has 0 aliphatic carbocycles. The van der Waals surface area contributed by atoms with E-state index in [4.69, 9.17) is 4.84 Å². The molecule has 0 saturated carbocycles. The predicted molar refractivity (Wildman–Crippen MR) is 38.3 cm³/mol. The van der Waals surface area contributed by atoms with Crippen LogP contribution >= 0.6 is 0 Å². The van der Waals surface area contributed by atoms with E-state index in [9.17, 15) is 4.79 Å². The molecule has 0 fully saturated rings. The van der Waals surface area contributed by atoms with Gasteiger partial charge < -0.3 is 10.2 Å². The van der Waals surface area contributed by atoms with Crippen molar-refractivity contribution in [3.8, 4) is 0 Å². The van der Waals surface area contributed by atoms with Crippen LogP contribution in [0.25, 0.3) is 0 Å². The van der Waals surface area contributed by atoms with Gasteiger partial charge in [-0.25, -0.2) is 0 Å². The normalized spacial score (nSPS) is 9.40. The minimum atomic E-state index is -0.0454. The Hall–Kier alpha value is -0.610. The highest BCUT2D eigenvalue weighted by Crippen LogP contribution is 1.65. The number of hydroxylamine groups is 1. The first-order chi connectivity index (χ1) is 4.81. The number of hydrogen-bond acceptors (Lipinski definition) is 3. The van der Waals surface area contributed by atoms with Crippen LogP contribution in [0.5, 0.6) is 0 Å². The van der Waals surface area contributed by atoms with Gasteiger partial charge in [-0.2, -0.15) is 5.48 Å². The topological polar surface area (TPSA) is 50.4 Å². The lowest BCUT2D eigenvalue weighted by molar-refractivity contribution is -0.122. The maximum atomic E-state index is 10.7. The lowest BCUT2D eigenvalue weighted by atomic mass is 10.6. The second kappa shape index (κ2) is 6.51. The van der Waals surface area contributed by atoms with Crippen molar-refractivity contribution in [2.24, 2.45) is 0 Å². The van der Waals surface area contributed by atoms with Crippen LogP contribution in [-0.2, 0) is 9.63 Å². The molecule has 0 atom stereocenters. The van der Waals surface area contributed by atoms with Gasteiger partial charge in [-0.05, 0) is 13.8 Å². The third-order valence-electron chi connectivity index (χ3n) is 0.853. The smallest absolute Gasteiger partial charge is 0.236 e. The highest BCUT2D eigenvalue weighted by atomic mass is 16.6. The van der Waals surface area contributed by atoms with Crippen LogP contribution in [0.4, 0.5) is 0 Å². The minimum Gasteiger partial charge on any atom is -0.355 e. The summed E-state index contributed by atoms with van der Waals surface area (Å²) >= 11 is 0. The van der Waals surface area contributed by atoms with Crippen molar-refractivity contribution in [3.05, 3.63) is 0 Å². The van der Waals surface area contributed by atoms with E-state index >= 15 is 0 Å². The van der Waals surface area contributed by atoms with Crippen molar-refractivity contribution >= 4 is 5.91 Å².